The van der Waals surface area contributed by atoms with Crippen molar-refractivity contribution in [1.29, 1.82) is 0 Å². The highest BCUT2D eigenvalue weighted by Crippen LogP contribution is 2.25. The summed E-state index contributed by atoms with van der Waals surface area (Å²) in [5.74, 6) is 0.00608. The van der Waals surface area contributed by atoms with E-state index in [1.807, 2.05) is 30.2 Å². The van der Waals surface area contributed by atoms with Crippen molar-refractivity contribution in [3.63, 3.8) is 0 Å². The van der Waals surface area contributed by atoms with Crippen LogP contribution in [0.5, 0.6) is 0 Å². The van der Waals surface area contributed by atoms with Crippen LogP contribution >= 0.6 is 0 Å². The Morgan fingerprint density at radius 2 is 1.85 bits per heavy atom. The van der Waals surface area contributed by atoms with Crippen molar-refractivity contribution in [2.45, 2.75) is 25.3 Å². The summed E-state index contributed by atoms with van der Waals surface area (Å²) in [4.78, 5) is 29.7. The van der Waals surface area contributed by atoms with Gasteiger partial charge in [0.15, 0.2) is 0 Å². The molecule has 1 aliphatic carbocycles. The molecule has 5 nitrogen and oxygen atoms in total. The minimum Gasteiger partial charge on any atom is -0.371 e. The topological polar surface area (TPSA) is 45.6 Å². The van der Waals surface area contributed by atoms with Gasteiger partial charge in [-0.05, 0) is 37.0 Å². The van der Waals surface area contributed by atoms with Gasteiger partial charge in [0.05, 0.1) is 5.56 Å². The van der Waals surface area contributed by atoms with E-state index in [1.165, 1.54) is 10.3 Å². The van der Waals surface area contributed by atoms with Gasteiger partial charge in [-0.2, -0.15) is 0 Å². The Bertz CT molecular complexity index is 938. The molecule has 4 rings (SSSR count). The summed E-state index contributed by atoms with van der Waals surface area (Å²) in [6, 6.07) is 10.6. The molecule has 27 heavy (non-hydrogen) atoms. The number of amides is 1. The molecule has 140 valence electrons. The molecule has 0 N–H and O–H groups in total. The van der Waals surface area contributed by atoms with E-state index in [-0.39, 0.29) is 17.5 Å². The van der Waals surface area contributed by atoms with E-state index < -0.39 is 0 Å². The zero-order chi connectivity index (χ0) is 19.0. The van der Waals surface area contributed by atoms with Crippen molar-refractivity contribution in [3.8, 4) is 0 Å². The minimum atomic E-state index is -0.00891. The summed E-state index contributed by atoms with van der Waals surface area (Å²) in [5.41, 5.74) is 3.40. The standard InChI is InChI=1S/C22H25N3O2/c1-23-15-20(18-9-6-10-19(18)21(23)26)22(27)24(2)16-11-13-25(14-12-16)17-7-4-3-5-8-17/h3-9,15-16H,10-14H2,1-2H3. The van der Waals surface area contributed by atoms with Gasteiger partial charge < -0.3 is 14.4 Å². The number of anilines is 1. The second kappa shape index (κ2) is 7.06. The van der Waals surface area contributed by atoms with E-state index in [0.29, 0.717) is 12.0 Å². The average molecular weight is 363 g/mol. The summed E-state index contributed by atoms with van der Waals surface area (Å²) < 4.78 is 1.53. The number of para-hydroxylation sites is 1. The summed E-state index contributed by atoms with van der Waals surface area (Å²) in [7, 11) is 3.61. The normalized spacial score (nSPS) is 16.4. The Morgan fingerprint density at radius 3 is 2.56 bits per heavy atom. The van der Waals surface area contributed by atoms with Gasteiger partial charge in [0, 0.05) is 50.7 Å². The Hall–Kier alpha value is -2.82. The van der Waals surface area contributed by atoms with Gasteiger partial charge in [0.2, 0.25) is 0 Å². The third-order valence-electron chi connectivity index (χ3n) is 5.81. The Labute approximate surface area is 159 Å². The number of hydrogen-bond acceptors (Lipinski definition) is 3. The number of hydrogen-bond donors (Lipinski definition) is 0. The Kier molecular flexibility index (Phi) is 4.60. The van der Waals surface area contributed by atoms with Crippen LogP contribution in [0.25, 0.3) is 6.08 Å². The molecule has 0 unspecified atom stereocenters. The summed E-state index contributed by atoms with van der Waals surface area (Å²) in [6.45, 7) is 1.88. The lowest BCUT2D eigenvalue weighted by Gasteiger charge is -2.38. The Balaban J connectivity index is 1.50. The predicted octanol–water partition coefficient (Wildman–Crippen LogP) is 2.70. The molecule has 0 saturated carbocycles. The summed E-state index contributed by atoms with van der Waals surface area (Å²) in [6.07, 6.45) is 8.07. The molecule has 5 heteroatoms. The van der Waals surface area contributed by atoms with Crippen LogP contribution in [0.3, 0.4) is 0 Å². The first kappa shape index (κ1) is 17.6. The number of nitrogens with zero attached hydrogens (tertiary/aromatic N) is 3. The van der Waals surface area contributed by atoms with Crippen molar-refractivity contribution in [2.75, 3.05) is 25.0 Å². The monoisotopic (exact) mass is 363 g/mol. The molecule has 1 aliphatic heterocycles. The number of carbonyl (C=O) groups is 1. The maximum absolute atomic E-state index is 13.2. The third kappa shape index (κ3) is 3.18. The fraction of sp³-hybridized carbons (Fsp3) is 0.364. The van der Waals surface area contributed by atoms with E-state index >= 15 is 0 Å². The van der Waals surface area contributed by atoms with E-state index in [9.17, 15) is 9.59 Å². The molecule has 2 aromatic rings. The molecule has 2 aliphatic rings. The molecule has 0 spiro atoms. The molecule has 0 radical (unpaired) electrons. The van der Waals surface area contributed by atoms with Gasteiger partial charge in [-0.1, -0.05) is 30.4 Å². The highest BCUT2D eigenvalue weighted by atomic mass is 16.2. The summed E-state index contributed by atoms with van der Waals surface area (Å²) in [5, 5.41) is 0. The van der Waals surface area contributed by atoms with Crippen molar-refractivity contribution in [1.82, 2.24) is 9.47 Å². The maximum Gasteiger partial charge on any atom is 0.255 e. The van der Waals surface area contributed by atoms with Gasteiger partial charge in [0.25, 0.3) is 11.5 Å². The minimum absolute atomic E-state index is 0.00608. The van der Waals surface area contributed by atoms with Gasteiger partial charge >= 0.3 is 0 Å². The lowest BCUT2D eigenvalue weighted by Crippen LogP contribution is -2.46. The molecule has 1 fully saturated rings. The number of rotatable bonds is 3. The SMILES string of the molecule is CN(C(=O)c1cn(C)c(=O)c2c1C=CC2)C1CCN(c2ccccc2)CC1. The van der Waals surface area contributed by atoms with Crippen LogP contribution in [0.4, 0.5) is 5.69 Å². The first-order chi connectivity index (χ1) is 13.1. The van der Waals surface area contributed by atoms with Crippen LogP contribution in [0, 0.1) is 0 Å². The number of fused-ring (bicyclic) bond motifs is 1. The van der Waals surface area contributed by atoms with Crippen molar-refractivity contribution in [2.24, 2.45) is 7.05 Å². The van der Waals surface area contributed by atoms with Crippen molar-refractivity contribution < 1.29 is 4.79 Å². The molecule has 1 saturated heterocycles. The predicted molar refractivity (Wildman–Crippen MR) is 108 cm³/mol. The lowest BCUT2D eigenvalue weighted by atomic mass is 10.0. The quantitative estimate of drug-likeness (QED) is 0.842. The molecule has 0 atom stereocenters. The molecular formula is C22H25N3O2. The third-order valence-corrected chi connectivity index (χ3v) is 5.81. The van der Waals surface area contributed by atoms with Crippen molar-refractivity contribution >= 4 is 17.7 Å². The van der Waals surface area contributed by atoms with Gasteiger partial charge in [-0.25, -0.2) is 0 Å². The molecule has 0 bridgehead atoms. The lowest BCUT2D eigenvalue weighted by molar-refractivity contribution is 0.0708. The highest BCUT2D eigenvalue weighted by molar-refractivity contribution is 5.98. The molecular weight excluding hydrogens is 338 g/mol. The largest absolute Gasteiger partial charge is 0.371 e. The fourth-order valence-corrected chi connectivity index (χ4v) is 4.17. The number of aromatic nitrogens is 1. The number of carbonyl (C=O) groups excluding carboxylic acids is 1. The van der Waals surface area contributed by atoms with Gasteiger partial charge in [0.1, 0.15) is 0 Å². The van der Waals surface area contributed by atoms with Crippen LogP contribution in [0.15, 0.2) is 47.4 Å². The molecule has 1 aromatic heterocycles. The van der Waals surface area contributed by atoms with E-state index in [1.54, 1.807) is 13.2 Å². The van der Waals surface area contributed by atoms with E-state index in [2.05, 4.69) is 29.2 Å². The maximum atomic E-state index is 13.2. The van der Waals surface area contributed by atoms with Crippen LogP contribution in [0.1, 0.15) is 34.3 Å². The van der Waals surface area contributed by atoms with Crippen LogP contribution < -0.4 is 10.5 Å². The van der Waals surface area contributed by atoms with Crippen LogP contribution in [0.2, 0.25) is 0 Å². The molecule has 1 amide bonds. The van der Waals surface area contributed by atoms with Crippen molar-refractivity contribution in [3.05, 3.63) is 69.6 Å². The Morgan fingerprint density at radius 1 is 1.15 bits per heavy atom. The van der Waals surface area contributed by atoms with Gasteiger partial charge in [-0.15, -0.1) is 0 Å². The fourth-order valence-electron chi connectivity index (χ4n) is 4.17. The second-order valence-corrected chi connectivity index (χ2v) is 7.43. The van der Waals surface area contributed by atoms with Gasteiger partial charge in [-0.3, -0.25) is 9.59 Å². The first-order valence-electron chi connectivity index (χ1n) is 9.52. The zero-order valence-corrected chi connectivity index (χ0v) is 15.9. The van der Waals surface area contributed by atoms with Crippen LogP contribution in [-0.4, -0.2) is 41.6 Å². The number of pyridine rings is 1. The van der Waals surface area contributed by atoms with E-state index in [4.69, 9.17) is 0 Å². The average Bonchev–Trinajstić information content (AvgIpc) is 3.20. The number of benzene rings is 1. The molecule has 1 aromatic carbocycles. The number of aryl methyl sites for hydroxylation is 1. The van der Waals surface area contributed by atoms with E-state index in [0.717, 1.165) is 37.1 Å². The van der Waals surface area contributed by atoms with Crippen LogP contribution in [-0.2, 0) is 13.5 Å². The highest BCUT2D eigenvalue weighted by Gasteiger charge is 2.28. The molecule has 2 heterocycles. The second-order valence-electron chi connectivity index (χ2n) is 7.43. The zero-order valence-electron chi connectivity index (χ0n) is 15.9. The summed E-state index contributed by atoms with van der Waals surface area (Å²) >= 11 is 0. The number of allylic oxidation sites excluding steroid dienone is 1. The first-order valence-corrected chi connectivity index (χ1v) is 9.52. The number of piperidine rings is 1. The smallest absolute Gasteiger partial charge is 0.255 e.